The second-order valence-electron chi connectivity index (χ2n) is 11.2. The van der Waals surface area contributed by atoms with Gasteiger partial charge in [-0.2, -0.15) is 0 Å². The lowest BCUT2D eigenvalue weighted by molar-refractivity contribution is -0.181. The number of ether oxygens (including phenoxy) is 2. The van der Waals surface area contributed by atoms with Gasteiger partial charge in [-0.1, -0.05) is 33.1 Å². The second kappa shape index (κ2) is 10.7. The molecule has 182 valence electrons. The molecule has 0 aliphatic carbocycles. The molecule has 0 radical (unpaired) electrons. The van der Waals surface area contributed by atoms with Crippen LogP contribution < -0.4 is 0 Å². The molecule has 6 heteroatoms. The average Bonchev–Trinajstić information content (AvgIpc) is 2.63. The highest BCUT2D eigenvalue weighted by Crippen LogP contribution is 2.29. The zero-order valence-electron chi connectivity index (χ0n) is 21.9. The van der Waals surface area contributed by atoms with E-state index in [0.717, 1.165) is 32.1 Å². The molecule has 0 saturated carbocycles. The summed E-state index contributed by atoms with van der Waals surface area (Å²) in [4.78, 5) is 30.0. The van der Waals surface area contributed by atoms with Gasteiger partial charge in [0.05, 0.1) is 11.2 Å². The van der Waals surface area contributed by atoms with Crippen molar-refractivity contribution in [3.8, 4) is 0 Å². The number of rotatable bonds is 11. The van der Waals surface area contributed by atoms with Crippen LogP contribution in [0.5, 0.6) is 0 Å². The van der Waals surface area contributed by atoms with Crippen molar-refractivity contribution < 1.29 is 19.1 Å². The van der Waals surface area contributed by atoms with Crippen LogP contribution in [0.15, 0.2) is 0 Å². The monoisotopic (exact) mass is 440 g/mol. The zero-order valence-corrected chi connectivity index (χ0v) is 21.9. The Morgan fingerprint density at radius 2 is 1.00 bits per heavy atom. The predicted molar refractivity (Wildman–Crippen MR) is 126 cm³/mol. The van der Waals surface area contributed by atoms with Crippen molar-refractivity contribution in [2.24, 2.45) is 0 Å². The standard InChI is InChI=1S/C25H48N2O4/c1-11-13-15-23(5,6)31-25(9,10)21(29)27-18-16-26(17-19-27)20(28)24(7,8)30-22(3,4)14-12-2/h11-19H2,1-10H3. The fourth-order valence-corrected chi connectivity index (χ4v) is 4.65. The number of carbonyl (C=O) groups excluding carboxylic acids is 2. The number of hydrogen-bond donors (Lipinski definition) is 0. The van der Waals surface area contributed by atoms with E-state index in [1.54, 1.807) is 0 Å². The van der Waals surface area contributed by atoms with Crippen molar-refractivity contribution in [1.82, 2.24) is 9.80 Å². The van der Waals surface area contributed by atoms with Crippen molar-refractivity contribution in [3.63, 3.8) is 0 Å². The molecule has 0 aromatic carbocycles. The van der Waals surface area contributed by atoms with E-state index in [0.29, 0.717) is 26.2 Å². The molecular weight excluding hydrogens is 392 g/mol. The highest BCUT2D eigenvalue weighted by atomic mass is 16.5. The number of hydrogen-bond acceptors (Lipinski definition) is 4. The lowest BCUT2D eigenvalue weighted by Crippen LogP contribution is -2.60. The first-order chi connectivity index (χ1) is 14.1. The van der Waals surface area contributed by atoms with Crippen molar-refractivity contribution in [1.29, 1.82) is 0 Å². The van der Waals surface area contributed by atoms with E-state index in [4.69, 9.17) is 9.47 Å². The van der Waals surface area contributed by atoms with Crippen LogP contribution in [0.3, 0.4) is 0 Å². The van der Waals surface area contributed by atoms with Gasteiger partial charge >= 0.3 is 0 Å². The van der Waals surface area contributed by atoms with Crippen LogP contribution in [0.4, 0.5) is 0 Å². The first kappa shape index (κ1) is 27.9. The molecule has 0 aromatic rings. The van der Waals surface area contributed by atoms with Gasteiger partial charge in [-0.05, 0) is 68.2 Å². The third kappa shape index (κ3) is 8.38. The van der Waals surface area contributed by atoms with Gasteiger partial charge in [0.15, 0.2) is 0 Å². The minimum atomic E-state index is -0.893. The SMILES string of the molecule is CCCCC(C)(C)OC(C)(C)C(=O)N1CCN(C(=O)C(C)(C)OC(C)(C)CCC)CC1. The van der Waals surface area contributed by atoms with Crippen LogP contribution >= 0.6 is 0 Å². The molecule has 0 bridgehead atoms. The van der Waals surface area contributed by atoms with Crippen LogP contribution in [0.25, 0.3) is 0 Å². The van der Waals surface area contributed by atoms with E-state index < -0.39 is 11.2 Å². The lowest BCUT2D eigenvalue weighted by atomic mass is 9.98. The van der Waals surface area contributed by atoms with Crippen LogP contribution in [-0.2, 0) is 19.1 Å². The van der Waals surface area contributed by atoms with E-state index in [-0.39, 0.29) is 23.0 Å². The first-order valence-electron chi connectivity index (χ1n) is 12.1. The van der Waals surface area contributed by atoms with E-state index in [1.807, 2.05) is 51.3 Å². The van der Waals surface area contributed by atoms with Gasteiger partial charge in [0.1, 0.15) is 11.2 Å². The minimum Gasteiger partial charge on any atom is -0.360 e. The minimum absolute atomic E-state index is 0.0104. The molecule has 1 aliphatic rings. The van der Waals surface area contributed by atoms with Crippen LogP contribution in [-0.4, -0.2) is 70.2 Å². The molecule has 1 heterocycles. The summed E-state index contributed by atoms with van der Waals surface area (Å²) in [6, 6.07) is 0. The molecule has 0 spiro atoms. The Kier molecular flexibility index (Phi) is 9.58. The maximum Gasteiger partial charge on any atom is 0.254 e. The number of carbonyl (C=O) groups is 2. The summed E-state index contributed by atoms with van der Waals surface area (Å²) < 4.78 is 12.5. The molecule has 6 nitrogen and oxygen atoms in total. The normalized spacial score (nSPS) is 16.6. The van der Waals surface area contributed by atoms with Crippen LogP contribution in [0.1, 0.15) is 101 Å². The Labute approximate surface area is 191 Å². The molecule has 0 aromatic heterocycles. The van der Waals surface area contributed by atoms with Gasteiger partial charge in [0, 0.05) is 26.2 Å². The Morgan fingerprint density at radius 1 is 0.645 bits per heavy atom. The molecule has 1 saturated heterocycles. The molecule has 0 atom stereocenters. The van der Waals surface area contributed by atoms with Gasteiger partial charge in [0.2, 0.25) is 0 Å². The molecule has 2 amide bonds. The Hall–Kier alpha value is -1.14. The zero-order chi connectivity index (χ0) is 24.1. The molecule has 0 N–H and O–H groups in total. The van der Waals surface area contributed by atoms with Crippen molar-refractivity contribution >= 4 is 11.8 Å². The van der Waals surface area contributed by atoms with E-state index >= 15 is 0 Å². The van der Waals surface area contributed by atoms with Crippen LogP contribution in [0.2, 0.25) is 0 Å². The Morgan fingerprint density at radius 3 is 1.32 bits per heavy atom. The van der Waals surface area contributed by atoms with Crippen molar-refractivity contribution in [2.75, 3.05) is 26.2 Å². The Bertz CT molecular complexity index is 603. The third-order valence-corrected chi connectivity index (χ3v) is 5.93. The summed E-state index contributed by atoms with van der Waals surface area (Å²) in [5.41, 5.74) is -2.48. The van der Waals surface area contributed by atoms with Gasteiger partial charge in [-0.25, -0.2) is 0 Å². The quantitative estimate of drug-likeness (QED) is 0.463. The summed E-state index contributed by atoms with van der Waals surface area (Å²) in [5.74, 6) is -0.0243. The fraction of sp³-hybridized carbons (Fsp3) is 0.920. The number of piperazine rings is 1. The van der Waals surface area contributed by atoms with E-state index in [1.165, 1.54) is 0 Å². The smallest absolute Gasteiger partial charge is 0.254 e. The molecule has 31 heavy (non-hydrogen) atoms. The van der Waals surface area contributed by atoms with Gasteiger partial charge in [-0.15, -0.1) is 0 Å². The Balaban J connectivity index is 2.70. The summed E-state index contributed by atoms with van der Waals surface area (Å²) in [5, 5.41) is 0. The first-order valence-corrected chi connectivity index (χ1v) is 12.1. The third-order valence-electron chi connectivity index (χ3n) is 5.93. The van der Waals surface area contributed by atoms with E-state index in [2.05, 4.69) is 27.7 Å². The molecule has 1 fully saturated rings. The number of unbranched alkanes of at least 4 members (excludes halogenated alkanes) is 1. The largest absolute Gasteiger partial charge is 0.360 e. The highest BCUT2D eigenvalue weighted by Gasteiger charge is 2.42. The number of nitrogens with zero attached hydrogens (tertiary/aromatic N) is 2. The van der Waals surface area contributed by atoms with Crippen molar-refractivity contribution in [3.05, 3.63) is 0 Å². The molecular formula is C25H48N2O4. The molecule has 0 unspecified atom stereocenters. The second-order valence-corrected chi connectivity index (χ2v) is 11.2. The fourth-order valence-electron chi connectivity index (χ4n) is 4.65. The molecule has 1 aliphatic heterocycles. The van der Waals surface area contributed by atoms with E-state index in [9.17, 15) is 9.59 Å². The average molecular weight is 441 g/mol. The van der Waals surface area contributed by atoms with Gasteiger partial charge in [0.25, 0.3) is 11.8 Å². The van der Waals surface area contributed by atoms with Crippen molar-refractivity contribution in [2.45, 2.75) is 124 Å². The topological polar surface area (TPSA) is 59.1 Å². The summed E-state index contributed by atoms with van der Waals surface area (Å²) in [7, 11) is 0. The maximum absolute atomic E-state index is 13.2. The highest BCUT2D eigenvalue weighted by molar-refractivity contribution is 5.86. The van der Waals surface area contributed by atoms with Gasteiger partial charge < -0.3 is 19.3 Å². The predicted octanol–water partition coefficient (Wildman–Crippen LogP) is 4.80. The summed E-state index contributed by atoms with van der Waals surface area (Å²) in [6.45, 7) is 21.9. The van der Waals surface area contributed by atoms with Gasteiger partial charge in [-0.3, -0.25) is 9.59 Å². The summed E-state index contributed by atoms with van der Waals surface area (Å²) in [6.07, 6.45) is 5.00. The maximum atomic E-state index is 13.2. The number of amides is 2. The molecule has 1 rings (SSSR count). The lowest BCUT2D eigenvalue weighted by Gasteiger charge is -2.43. The summed E-state index contributed by atoms with van der Waals surface area (Å²) >= 11 is 0. The van der Waals surface area contributed by atoms with Crippen LogP contribution in [0, 0.1) is 0 Å².